The van der Waals surface area contributed by atoms with Gasteiger partial charge in [-0.25, -0.2) is 0 Å². The highest BCUT2D eigenvalue weighted by Crippen LogP contribution is 2.32. The molecular weight excluding hydrogens is 270 g/mol. The lowest BCUT2D eigenvalue weighted by atomic mass is 10.0. The average Bonchev–Trinajstić information content (AvgIpc) is 2.97. The Morgan fingerprint density at radius 3 is 2.76 bits per heavy atom. The minimum absolute atomic E-state index is 0.171. The zero-order valence-corrected chi connectivity index (χ0v) is 11.2. The van der Waals surface area contributed by atoms with E-state index in [-0.39, 0.29) is 24.1 Å². The molecule has 1 aromatic heterocycles. The predicted octanol–water partition coefficient (Wildman–Crippen LogP) is 0.929. The molecule has 6 nitrogen and oxygen atoms in total. The molecule has 2 aliphatic rings. The number of rotatable bonds is 1. The maximum atomic E-state index is 12.5. The first-order valence-electron chi connectivity index (χ1n) is 6.89. The van der Waals surface area contributed by atoms with Crippen LogP contribution >= 0.6 is 0 Å². The molecule has 21 heavy (non-hydrogen) atoms. The summed E-state index contributed by atoms with van der Waals surface area (Å²) in [7, 11) is 0. The van der Waals surface area contributed by atoms with Gasteiger partial charge in [0.1, 0.15) is 11.7 Å². The highest BCUT2D eigenvalue weighted by atomic mass is 16.2. The first-order valence-corrected chi connectivity index (χ1v) is 6.89. The van der Waals surface area contributed by atoms with Gasteiger partial charge in [0.25, 0.3) is 5.91 Å². The Hall–Kier alpha value is -2.63. The lowest BCUT2D eigenvalue weighted by molar-refractivity contribution is -0.136. The lowest BCUT2D eigenvalue weighted by Gasteiger charge is -2.29. The topological polar surface area (TPSA) is 82.3 Å². The number of nitrogens with zero attached hydrogens (tertiary/aromatic N) is 1. The molecule has 3 heterocycles. The van der Waals surface area contributed by atoms with Crippen LogP contribution in [0.5, 0.6) is 0 Å². The molecule has 1 unspecified atom stereocenters. The summed E-state index contributed by atoms with van der Waals surface area (Å²) in [5, 5.41) is 3.31. The molecule has 2 aromatic rings. The number of piperidine rings is 1. The minimum Gasteiger partial charge on any atom is -0.350 e. The number of amides is 3. The van der Waals surface area contributed by atoms with Crippen molar-refractivity contribution in [2.75, 3.05) is 0 Å². The summed E-state index contributed by atoms with van der Waals surface area (Å²) in [6.07, 6.45) is 0.660. The Morgan fingerprint density at radius 1 is 1.14 bits per heavy atom. The maximum absolute atomic E-state index is 12.5. The van der Waals surface area contributed by atoms with Crippen LogP contribution in [0.25, 0.3) is 10.9 Å². The Labute approximate surface area is 120 Å². The van der Waals surface area contributed by atoms with Crippen molar-refractivity contribution >= 4 is 28.6 Å². The van der Waals surface area contributed by atoms with Crippen LogP contribution in [0.3, 0.4) is 0 Å². The zero-order chi connectivity index (χ0) is 14.6. The monoisotopic (exact) mass is 283 g/mol. The van der Waals surface area contributed by atoms with Gasteiger partial charge in [-0.2, -0.15) is 0 Å². The second-order valence-corrected chi connectivity index (χ2v) is 5.42. The van der Waals surface area contributed by atoms with E-state index in [1.54, 1.807) is 4.90 Å². The third kappa shape index (κ3) is 1.68. The number of aromatic amines is 1. The van der Waals surface area contributed by atoms with Gasteiger partial charge in [0, 0.05) is 29.4 Å². The van der Waals surface area contributed by atoms with Gasteiger partial charge in [-0.3, -0.25) is 19.7 Å². The summed E-state index contributed by atoms with van der Waals surface area (Å²) < 4.78 is 0. The van der Waals surface area contributed by atoms with E-state index in [1.807, 2.05) is 24.3 Å². The molecule has 0 radical (unpaired) electrons. The van der Waals surface area contributed by atoms with Crippen LogP contribution in [0, 0.1) is 0 Å². The highest BCUT2D eigenvalue weighted by molar-refractivity contribution is 6.07. The quantitative estimate of drug-likeness (QED) is 0.764. The van der Waals surface area contributed by atoms with Crippen LogP contribution in [0.2, 0.25) is 0 Å². The Balaban J connectivity index is 1.70. The highest BCUT2D eigenvalue weighted by Gasteiger charge is 2.40. The van der Waals surface area contributed by atoms with Crippen LogP contribution in [0.4, 0.5) is 0 Å². The number of carbonyl (C=O) groups excluding carboxylic acids is 3. The van der Waals surface area contributed by atoms with Crippen molar-refractivity contribution in [1.82, 2.24) is 15.2 Å². The van der Waals surface area contributed by atoms with E-state index in [0.29, 0.717) is 18.7 Å². The van der Waals surface area contributed by atoms with Crippen LogP contribution < -0.4 is 5.32 Å². The Bertz CT molecular complexity index is 793. The normalized spacial score (nSPS) is 21.8. The fraction of sp³-hybridized carbons (Fsp3) is 0.267. The summed E-state index contributed by atoms with van der Waals surface area (Å²) in [5.74, 6) is -0.823. The molecule has 4 rings (SSSR count). The third-order valence-electron chi connectivity index (χ3n) is 4.20. The fourth-order valence-electron chi connectivity index (χ4n) is 3.16. The van der Waals surface area contributed by atoms with Crippen molar-refractivity contribution in [1.29, 1.82) is 0 Å². The minimum atomic E-state index is -0.560. The van der Waals surface area contributed by atoms with E-state index in [9.17, 15) is 14.4 Å². The third-order valence-corrected chi connectivity index (χ3v) is 4.20. The number of fused-ring (bicyclic) bond motifs is 3. The van der Waals surface area contributed by atoms with E-state index in [1.165, 1.54) is 0 Å². The second-order valence-electron chi connectivity index (χ2n) is 5.42. The fourth-order valence-corrected chi connectivity index (χ4v) is 3.16. The summed E-state index contributed by atoms with van der Waals surface area (Å²) in [6.45, 7) is 0.407. The number of hydrogen-bond acceptors (Lipinski definition) is 3. The van der Waals surface area contributed by atoms with Crippen molar-refractivity contribution in [2.24, 2.45) is 0 Å². The van der Waals surface area contributed by atoms with E-state index < -0.39 is 6.04 Å². The van der Waals surface area contributed by atoms with Crippen molar-refractivity contribution in [2.45, 2.75) is 25.4 Å². The molecule has 2 aliphatic heterocycles. The van der Waals surface area contributed by atoms with E-state index in [0.717, 1.165) is 16.5 Å². The summed E-state index contributed by atoms with van der Waals surface area (Å²) in [5.41, 5.74) is 2.42. The molecule has 3 amide bonds. The van der Waals surface area contributed by atoms with Gasteiger partial charge in [0.2, 0.25) is 11.8 Å². The number of nitrogens with one attached hydrogen (secondary N) is 2. The SMILES string of the molecule is O=C1CCC(N2Cc3c([nH]c4ccccc34)C2=O)C(=O)N1. The number of hydrogen-bond donors (Lipinski definition) is 2. The van der Waals surface area contributed by atoms with Crippen molar-refractivity contribution in [3.8, 4) is 0 Å². The zero-order valence-electron chi connectivity index (χ0n) is 11.2. The first kappa shape index (κ1) is 12.1. The molecule has 2 N–H and O–H groups in total. The predicted molar refractivity (Wildman–Crippen MR) is 74.3 cm³/mol. The second kappa shape index (κ2) is 4.18. The number of aromatic nitrogens is 1. The van der Waals surface area contributed by atoms with Gasteiger partial charge in [-0.15, -0.1) is 0 Å². The lowest BCUT2D eigenvalue weighted by Crippen LogP contribution is -2.52. The summed E-state index contributed by atoms with van der Waals surface area (Å²) in [6, 6.07) is 7.17. The van der Waals surface area contributed by atoms with Gasteiger partial charge in [-0.05, 0) is 12.5 Å². The maximum Gasteiger partial charge on any atom is 0.271 e. The van der Waals surface area contributed by atoms with Crippen molar-refractivity contribution < 1.29 is 14.4 Å². The smallest absolute Gasteiger partial charge is 0.271 e. The molecule has 1 aromatic carbocycles. The Morgan fingerprint density at radius 2 is 1.95 bits per heavy atom. The summed E-state index contributed by atoms with van der Waals surface area (Å²) >= 11 is 0. The van der Waals surface area contributed by atoms with E-state index >= 15 is 0 Å². The number of para-hydroxylation sites is 1. The van der Waals surface area contributed by atoms with Crippen molar-refractivity contribution in [3.05, 3.63) is 35.5 Å². The van der Waals surface area contributed by atoms with Crippen molar-refractivity contribution in [3.63, 3.8) is 0 Å². The molecule has 106 valence electrons. The van der Waals surface area contributed by atoms with Crippen LogP contribution in [-0.2, 0) is 16.1 Å². The van der Waals surface area contributed by atoms with Gasteiger partial charge >= 0.3 is 0 Å². The van der Waals surface area contributed by atoms with Crippen LogP contribution in [0.15, 0.2) is 24.3 Å². The molecule has 1 fully saturated rings. The van der Waals surface area contributed by atoms with Gasteiger partial charge in [0.05, 0.1) is 0 Å². The average molecular weight is 283 g/mol. The Kier molecular flexibility index (Phi) is 2.42. The molecular formula is C15H13N3O3. The molecule has 0 bridgehead atoms. The standard InChI is InChI=1S/C15H13N3O3/c19-12-6-5-11(14(20)17-12)18-7-9-8-3-1-2-4-10(8)16-13(9)15(18)21/h1-4,11,16H,5-7H2,(H,17,19,20). The van der Waals surface area contributed by atoms with E-state index in [4.69, 9.17) is 0 Å². The first-order chi connectivity index (χ1) is 10.1. The molecule has 0 saturated carbocycles. The number of benzene rings is 1. The number of carbonyl (C=O) groups is 3. The molecule has 1 atom stereocenters. The molecule has 0 aliphatic carbocycles. The van der Waals surface area contributed by atoms with E-state index in [2.05, 4.69) is 10.3 Å². The van der Waals surface area contributed by atoms with Crippen LogP contribution in [0.1, 0.15) is 28.9 Å². The molecule has 1 saturated heterocycles. The number of H-pyrrole nitrogens is 1. The van der Waals surface area contributed by atoms with Gasteiger partial charge < -0.3 is 9.88 Å². The molecule has 6 heteroatoms. The number of imide groups is 1. The molecule has 0 spiro atoms. The van der Waals surface area contributed by atoms with Gasteiger partial charge in [0.15, 0.2) is 0 Å². The summed E-state index contributed by atoms with van der Waals surface area (Å²) in [4.78, 5) is 40.4. The van der Waals surface area contributed by atoms with Gasteiger partial charge in [-0.1, -0.05) is 18.2 Å². The largest absolute Gasteiger partial charge is 0.350 e. The van der Waals surface area contributed by atoms with Crippen LogP contribution in [-0.4, -0.2) is 33.6 Å².